The highest BCUT2D eigenvalue weighted by Gasteiger charge is 2.13. The van der Waals surface area contributed by atoms with Crippen LogP contribution < -0.4 is 0 Å². The van der Waals surface area contributed by atoms with E-state index < -0.39 is 6.10 Å². The van der Waals surface area contributed by atoms with Gasteiger partial charge in [-0.1, -0.05) is 31.1 Å². The van der Waals surface area contributed by atoms with Gasteiger partial charge >= 0.3 is 0 Å². The summed E-state index contributed by atoms with van der Waals surface area (Å²) in [5.41, 5.74) is 0.633. The normalized spacial score (nSPS) is 12.4. The van der Waals surface area contributed by atoms with Gasteiger partial charge in [-0.3, -0.25) is 0 Å². The molecule has 0 bridgehead atoms. The first-order valence-electron chi connectivity index (χ1n) is 5.89. The molecule has 0 radical (unpaired) electrons. The van der Waals surface area contributed by atoms with Crippen molar-refractivity contribution >= 4 is 15.9 Å². The molecule has 0 saturated heterocycles. The van der Waals surface area contributed by atoms with Crippen LogP contribution in [0.1, 0.15) is 43.8 Å². The van der Waals surface area contributed by atoms with E-state index in [1.54, 1.807) is 12.1 Å². The summed E-state index contributed by atoms with van der Waals surface area (Å²) in [6, 6.07) is 4.75. The zero-order valence-corrected chi connectivity index (χ0v) is 11.4. The maximum atomic E-state index is 13.3. The summed E-state index contributed by atoms with van der Waals surface area (Å²) in [6.45, 7) is 3.67. The van der Waals surface area contributed by atoms with Crippen molar-refractivity contribution in [3.63, 3.8) is 0 Å². The monoisotopic (exact) mass is 300 g/mol. The van der Waals surface area contributed by atoms with Gasteiger partial charge < -0.3 is 5.11 Å². The number of aliphatic hydroxyl groups is 1. The summed E-state index contributed by atoms with van der Waals surface area (Å²) in [4.78, 5) is 0. The largest absolute Gasteiger partial charge is 0.388 e. The van der Waals surface area contributed by atoms with Gasteiger partial charge in [-0.2, -0.15) is 0 Å². The smallest absolute Gasteiger partial charge is 0.137 e. The summed E-state index contributed by atoms with van der Waals surface area (Å²) in [7, 11) is 0. The van der Waals surface area contributed by atoms with Crippen LogP contribution in [0.3, 0.4) is 0 Å². The Balaban J connectivity index is 2.44. The molecule has 0 aromatic heterocycles. The lowest BCUT2D eigenvalue weighted by Gasteiger charge is -2.12. The zero-order chi connectivity index (χ0) is 12.7. The SMILES string of the molecule is C=CCCCCCC(O)c1cccc(F)c1Br. The van der Waals surface area contributed by atoms with Crippen molar-refractivity contribution in [2.24, 2.45) is 0 Å². The van der Waals surface area contributed by atoms with Crippen molar-refractivity contribution in [3.05, 3.63) is 46.7 Å². The van der Waals surface area contributed by atoms with Crippen LogP contribution in [-0.4, -0.2) is 5.11 Å². The van der Waals surface area contributed by atoms with E-state index in [0.717, 1.165) is 25.7 Å². The van der Waals surface area contributed by atoms with E-state index in [1.165, 1.54) is 6.07 Å². The number of hydrogen-bond donors (Lipinski definition) is 1. The summed E-state index contributed by atoms with van der Waals surface area (Å²) in [5, 5.41) is 9.97. The fourth-order valence-electron chi connectivity index (χ4n) is 1.74. The fourth-order valence-corrected chi connectivity index (χ4v) is 2.27. The second kappa shape index (κ2) is 7.62. The Labute approximate surface area is 110 Å². The van der Waals surface area contributed by atoms with Crippen molar-refractivity contribution in [3.8, 4) is 0 Å². The van der Waals surface area contributed by atoms with Gasteiger partial charge in [-0.15, -0.1) is 6.58 Å². The fraction of sp³-hybridized carbons (Fsp3) is 0.429. The van der Waals surface area contributed by atoms with Crippen LogP contribution in [0.2, 0.25) is 0 Å². The quantitative estimate of drug-likeness (QED) is 0.569. The van der Waals surface area contributed by atoms with Gasteiger partial charge in [0, 0.05) is 0 Å². The predicted molar refractivity (Wildman–Crippen MR) is 72.3 cm³/mol. The van der Waals surface area contributed by atoms with Gasteiger partial charge in [-0.25, -0.2) is 4.39 Å². The summed E-state index contributed by atoms with van der Waals surface area (Å²) in [6.07, 6.45) is 6.09. The lowest BCUT2D eigenvalue weighted by Crippen LogP contribution is -1.99. The lowest BCUT2D eigenvalue weighted by atomic mass is 10.0. The molecule has 1 N–H and O–H groups in total. The van der Waals surface area contributed by atoms with E-state index >= 15 is 0 Å². The molecule has 0 aliphatic heterocycles. The molecule has 3 heteroatoms. The topological polar surface area (TPSA) is 20.2 Å². The van der Waals surface area contributed by atoms with Crippen molar-refractivity contribution < 1.29 is 9.50 Å². The van der Waals surface area contributed by atoms with Gasteiger partial charge in [-0.05, 0) is 46.8 Å². The number of benzene rings is 1. The van der Waals surface area contributed by atoms with Gasteiger partial charge in [0.15, 0.2) is 0 Å². The van der Waals surface area contributed by atoms with Crippen LogP contribution in [0.15, 0.2) is 35.3 Å². The first kappa shape index (κ1) is 14.4. The number of aliphatic hydroxyl groups excluding tert-OH is 1. The maximum Gasteiger partial charge on any atom is 0.137 e. The van der Waals surface area contributed by atoms with E-state index in [1.807, 2.05) is 6.08 Å². The van der Waals surface area contributed by atoms with Gasteiger partial charge in [0.25, 0.3) is 0 Å². The molecule has 0 fully saturated rings. The Bertz CT molecular complexity index is 365. The van der Waals surface area contributed by atoms with Gasteiger partial charge in [0.1, 0.15) is 5.82 Å². The van der Waals surface area contributed by atoms with Gasteiger partial charge in [0.2, 0.25) is 0 Å². The third-order valence-corrected chi connectivity index (χ3v) is 3.56. The molecule has 1 rings (SSSR count). The molecule has 0 spiro atoms. The van der Waals surface area contributed by atoms with E-state index in [9.17, 15) is 9.50 Å². The minimum Gasteiger partial charge on any atom is -0.388 e. The molecule has 17 heavy (non-hydrogen) atoms. The summed E-state index contributed by atoms with van der Waals surface area (Å²) < 4.78 is 13.6. The van der Waals surface area contributed by atoms with Crippen LogP contribution in [0.25, 0.3) is 0 Å². The Morgan fingerprint density at radius 1 is 1.35 bits per heavy atom. The van der Waals surface area contributed by atoms with Crippen molar-refractivity contribution in [2.75, 3.05) is 0 Å². The highest BCUT2D eigenvalue weighted by atomic mass is 79.9. The standard InChI is InChI=1S/C14H18BrFO/c1-2-3-4-5-6-10-13(17)11-8-7-9-12(16)14(11)15/h2,7-9,13,17H,1,3-6,10H2. The third-order valence-electron chi connectivity index (χ3n) is 2.73. The number of allylic oxidation sites excluding steroid dienone is 1. The van der Waals surface area contributed by atoms with Crippen LogP contribution in [0.4, 0.5) is 4.39 Å². The van der Waals surface area contributed by atoms with Crippen molar-refractivity contribution in [1.82, 2.24) is 0 Å². The Hall–Kier alpha value is -0.670. The minimum atomic E-state index is -0.594. The zero-order valence-electron chi connectivity index (χ0n) is 9.83. The van der Waals surface area contributed by atoms with Crippen LogP contribution in [-0.2, 0) is 0 Å². The van der Waals surface area contributed by atoms with Crippen LogP contribution in [0, 0.1) is 5.82 Å². The first-order chi connectivity index (χ1) is 8.16. The van der Waals surface area contributed by atoms with E-state index in [-0.39, 0.29) is 5.82 Å². The molecule has 0 amide bonds. The van der Waals surface area contributed by atoms with Crippen LogP contribution >= 0.6 is 15.9 Å². The maximum absolute atomic E-state index is 13.3. The Morgan fingerprint density at radius 3 is 2.82 bits per heavy atom. The molecule has 1 aromatic rings. The third kappa shape index (κ3) is 4.60. The average molecular weight is 301 g/mol. The molecular weight excluding hydrogens is 283 g/mol. The molecular formula is C14H18BrFO. The van der Waals surface area contributed by atoms with E-state index in [0.29, 0.717) is 16.5 Å². The van der Waals surface area contributed by atoms with Crippen molar-refractivity contribution in [1.29, 1.82) is 0 Å². The second-order valence-corrected chi connectivity index (χ2v) is 4.88. The van der Waals surface area contributed by atoms with Crippen molar-refractivity contribution in [2.45, 2.75) is 38.2 Å². The Kier molecular flexibility index (Phi) is 6.45. The molecule has 94 valence electrons. The highest BCUT2D eigenvalue weighted by molar-refractivity contribution is 9.10. The highest BCUT2D eigenvalue weighted by Crippen LogP contribution is 2.29. The number of unbranched alkanes of at least 4 members (excludes halogenated alkanes) is 3. The molecule has 1 nitrogen and oxygen atoms in total. The van der Waals surface area contributed by atoms with E-state index in [4.69, 9.17) is 0 Å². The van der Waals surface area contributed by atoms with E-state index in [2.05, 4.69) is 22.5 Å². The molecule has 0 heterocycles. The molecule has 0 aliphatic rings. The molecule has 1 aromatic carbocycles. The molecule has 1 atom stereocenters. The summed E-state index contributed by atoms with van der Waals surface area (Å²) >= 11 is 3.17. The molecule has 1 unspecified atom stereocenters. The second-order valence-electron chi connectivity index (χ2n) is 4.09. The van der Waals surface area contributed by atoms with Gasteiger partial charge in [0.05, 0.1) is 10.6 Å². The number of halogens is 2. The predicted octanol–water partition coefficient (Wildman–Crippen LogP) is 4.76. The summed E-state index contributed by atoms with van der Waals surface area (Å²) in [5.74, 6) is -0.326. The molecule has 0 saturated carbocycles. The molecule has 0 aliphatic carbocycles. The van der Waals surface area contributed by atoms with Crippen LogP contribution in [0.5, 0.6) is 0 Å². The lowest BCUT2D eigenvalue weighted by molar-refractivity contribution is 0.162. The average Bonchev–Trinajstić information content (AvgIpc) is 2.32. The minimum absolute atomic E-state index is 0.326. The first-order valence-corrected chi connectivity index (χ1v) is 6.69. The number of rotatable bonds is 7. The number of hydrogen-bond acceptors (Lipinski definition) is 1. The Morgan fingerprint density at radius 2 is 2.12 bits per heavy atom.